The molecule has 0 saturated carbocycles. The van der Waals surface area contributed by atoms with Gasteiger partial charge < -0.3 is 10.1 Å². The van der Waals surface area contributed by atoms with Gasteiger partial charge in [-0.05, 0) is 48.0 Å². The Morgan fingerprint density at radius 1 is 1.23 bits per heavy atom. The molecule has 1 aliphatic heterocycles. The summed E-state index contributed by atoms with van der Waals surface area (Å²) < 4.78 is 6.08. The zero-order chi connectivity index (χ0) is 15.7. The Balaban J connectivity index is 1.77. The minimum Gasteiger partial charge on any atom is -0.448 e. The lowest BCUT2D eigenvalue weighted by Gasteiger charge is -2.24. The van der Waals surface area contributed by atoms with Crippen molar-refractivity contribution in [3.05, 3.63) is 63.1 Å². The van der Waals surface area contributed by atoms with Crippen LogP contribution in [0.3, 0.4) is 0 Å². The molecule has 1 aliphatic rings. The van der Waals surface area contributed by atoms with Crippen molar-refractivity contribution in [2.75, 3.05) is 5.32 Å². The van der Waals surface area contributed by atoms with Crippen LogP contribution in [0.4, 0.5) is 5.69 Å². The summed E-state index contributed by atoms with van der Waals surface area (Å²) in [7, 11) is 0. The molecule has 3 rings (SSSR count). The summed E-state index contributed by atoms with van der Waals surface area (Å²) in [5.74, 6) is -0.841. The van der Waals surface area contributed by atoms with E-state index in [1.807, 2.05) is 6.07 Å². The third kappa shape index (κ3) is 3.15. The number of amides is 1. The molecule has 1 atom stereocenters. The van der Waals surface area contributed by atoms with Gasteiger partial charge in [-0.3, -0.25) is 4.79 Å². The summed E-state index contributed by atoms with van der Waals surface area (Å²) in [4.78, 5) is 24.2. The van der Waals surface area contributed by atoms with Crippen LogP contribution < -0.4 is 5.32 Å². The molecule has 6 heteroatoms. The number of esters is 1. The maximum atomic E-state index is 12.3. The van der Waals surface area contributed by atoms with E-state index in [1.54, 1.807) is 36.4 Å². The normalized spacial score (nSPS) is 16.6. The van der Waals surface area contributed by atoms with Crippen molar-refractivity contribution < 1.29 is 14.3 Å². The smallest absolute Gasteiger partial charge is 0.339 e. The van der Waals surface area contributed by atoms with Crippen LogP contribution in [0.15, 0.2) is 46.9 Å². The minimum absolute atomic E-state index is 0.347. The predicted octanol–water partition coefficient (Wildman–Crippen LogP) is 3.82. The van der Waals surface area contributed by atoms with Gasteiger partial charge in [-0.2, -0.15) is 0 Å². The average Bonchev–Trinajstić information content (AvgIpc) is 2.49. The molecule has 1 amide bonds. The molecule has 22 heavy (non-hydrogen) atoms. The third-order valence-electron chi connectivity index (χ3n) is 3.35. The van der Waals surface area contributed by atoms with E-state index in [-0.39, 0.29) is 5.91 Å². The molecule has 4 nitrogen and oxygen atoms in total. The van der Waals surface area contributed by atoms with Gasteiger partial charge in [0.25, 0.3) is 5.91 Å². The lowest BCUT2D eigenvalue weighted by Crippen LogP contribution is -2.38. The SMILES string of the molecule is O=C1OC(C(=O)Nc2ccc(Cl)cc2)Cc2cc(Br)ccc21. The fourth-order valence-corrected chi connectivity index (χ4v) is 2.80. The highest BCUT2D eigenvalue weighted by atomic mass is 79.9. The fraction of sp³-hybridized carbons (Fsp3) is 0.125. The number of hydrogen-bond donors (Lipinski definition) is 1. The first-order chi connectivity index (χ1) is 10.5. The first kappa shape index (κ1) is 15.1. The molecule has 1 heterocycles. The number of cyclic esters (lactones) is 1. The zero-order valence-electron chi connectivity index (χ0n) is 11.3. The number of hydrogen-bond acceptors (Lipinski definition) is 3. The summed E-state index contributed by atoms with van der Waals surface area (Å²) in [5, 5.41) is 3.30. The molecule has 0 aromatic heterocycles. The van der Waals surface area contributed by atoms with Gasteiger partial charge in [0.1, 0.15) is 0 Å². The second-order valence-corrected chi connectivity index (χ2v) is 6.25. The molecule has 1 unspecified atom stereocenters. The van der Waals surface area contributed by atoms with E-state index < -0.39 is 12.1 Å². The highest BCUT2D eigenvalue weighted by Gasteiger charge is 2.31. The zero-order valence-corrected chi connectivity index (χ0v) is 13.6. The molecule has 0 spiro atoms. The highest BCUT2D eigenvalue weighted by molar-refractivity contribution is 9.10. The highest BCUT2D eigenvalue weighted by Crippen LogP contribution is 2.25. The molecule has 0 saturated heterocycles. The van der Waals surface area contributed by atoms with Crippen molar-refractivity contribution in [1.82, 2.24) is 0 Å². The van der Waals surface area contributed by atoms with Crippen LogP contribution in [0.2, 0.25) is 5.02 Å². The van der Waals surface area contributed by atoms with Crippen molar-refractivity contribution in [3.63, 3.8) is 0 Å². The monoisotopic (exact) mass is 379 g/mol. The van der Waals surface area contributed by atoms with Crippen molar-refractivity contribution in [3.8, 4) is 0 Å². The van der Waals surface area contributed by atoms with Gasteiger partial charge in [-0.25, -0.2) is 4.79 Å². The molecule has 0 fully saturated rings. The molecule has 0 bridgehead atoms. The van der Waals surface area contributed by atoms with Crippen molar-refractivity contribution in [2.24, 2.45) is 0 Å². The van der Waals surface area contributed by atoms with Crippen LogP contribution in [-0.2, 0) is 16.0 Å². The minimum atomic E-state index is -0.843. The molecular formula is C16H11BrClNO3. The Labute approximate surface area is 140 Å². The van der Waals surface area contributed by atoms with Gasteiger partial charge in [-0.15, -0.1) is 0 Å². The number of fused-ring (bicyclic) bond motifs is 1. The Bertz CT molecular complexity index is 746. The van der Waals surface area contributed by atoms with E-state index in [0.717, 1.165) is 10.0 Å². The van der Waals surface area contributed by atoms with Crippen LogP contribution in [0.1, 0.15) is 15.9 Å². The maximum Gasteiger partial charge on any atom is 0.339 e. The summed E-state index contributed by atoms with van der Waals surface area (Å²) >= 11 is 9.16. The molecule has 0 radical (unpaired) electrons. The third-order valence-corrected chi connectivity index (χ3v) is 4.09. The topological polar surface area (TPSA) is 55.4 Å². The van der Waals surface area contributed by atoms with E-state index >= 15 is 0 Å². The number of nitrogens with one attached hydrogen (secondary N) is 1. The van der Waals surface area contributed by atoms with E-state index in [2.05, 4.69) is 21.2 Å². The van der Waals surface area contributed by atoms with Crippen LogP contribution in [-0.4, -0.2) is 18.0 Å². The van der Waals surface area contributed by atoms with E-state index in [0.29, 0.717) is 22.7 Å². The number of anilines is 1. The second-order valence-electron chi connectivity index (χ2n) is 4.90. The first-order valence-electron chi connectivity index (χ1n) is 6.59. The summed E-state index contributed by atoms with van der Waals surface area (Å²) in [5.41, 5.74) is 1.89. The maximum absolute atomic E-state index is 12.3. The quantitative estimate of drug-likeness (QED) is 0.806. The lowest BCUT2D eigenvalue weighted by atomic mass is 9.98. The molecule has 2 aromatic carbocycles. The average molecular weight is 381 g/mol. The van der Waals surface area contributed by atoms with Gasteiger partial charge in [0.05, 0.1) is 5.56 Å². The Kier molecular flexibility index (Phi) is 4.18. The molecule has 0 aliphatic carbocycles. The molecule has 112 valence electrons. The van der Waals surface area contributed by atoms with Crippen molar-refractivity contribution >= 4 is 45.1 Å². The van der Waals surface area contributed by atoms with Crippen LogP contribution in [0.25, 0.3) is 0 Å². The van der Waals surface area contributed by atoms with E-state index in [4.69, 9.17) is 16.3 Å². The predicted molar refractivity (Wildman–Crippen MR) is 87.1 cm³/mol. The summed E-state index contributed by atoms with van der Waals surface area (Å²) in [6, 6.07) is 12.0. The summed E-state index contributed by atoms with van der Waals surface area (Å²) in [6.07, 6.45) is -0.495. The molecule has 1 N–H and O–H groups in total. The Morgan fingerprint density at radius 2 is 1.95 bits per heavy atom. The number of carbonyl (C=O) groups is 2. The van der Waals surface area contributed by atoms with Gasteiger partial charge in [0, 0.05) is 21.6 Å². The number of ether oxygens (including phenoxy) is 1. The van der Waals surface area contributed by atoms with E-state index in [1.165, 1.54) is 0 Å². The number of carbonyl (C=O) groups excluding carboxylic acids is 2. The van der Waals surface area contributed by atoms with Crippen molar-refractivity contribution in [2.45, 2.75) is 12.5 Å². The van der Waals surface area contributed by atoms with Crippen LogP contribution in [0, 0.1) is 0 Å². The standard InChI is InChI=1S/C16H11BrClNO3/c17-10-1-6-13-9(7-10)8-14(22-16(13)21)15(20)19-12-4-2-11(18)3-5-12/h1-7,14H,8H2,(H,19,20). The number of benzene rings is 2. The van der Waals surface area contributed by atoms with Gasteiger partial charge in [0.2, 0.25) is 0 Å². The van der Waals surface area contributed by atoms with Crippen LogP contribution in [0.5, 0.6) is 0 Å². The Hall–Kier alpha value is -1.85. The Morgan fingerprint density at radius 3 is 2.68 bits per heavy atom. The lowest BCUT2D eigenvalue weighted by molar-refractivity contribution is -0.125. The fourth-order valence-electron chi connectivity index (χ4n) is 2.27. The van der Waals surface area contributed by atoms with Gasteiger partial charge in [0.15, 0.2) is 6.10 Å². The van der Waals surface area contributed by atoms with Gasteiger partial charge >= 0.3 is 5.97 Å². The largest absolute Gasteiger partial charge is 0.448 e. The molecular weight excluding hydrogens is 370 g/mol. The second kappa shape index (κ2) is 6.10. The number of halogens is 2. The van der Waals surface area contributed by atoms with Crippen LogP contribution >= 0.6 is 27.5 Å². The van der Waals surface area contributed by atoms with E-state index in [9.17, 15) is 9.59 Å². The van der Waals surface area contributed by atoms with Crippen molar-refractivity contribution in [1.29, 1.82) is 0 Å². The summed E-state index contributed by atoms with van der Waals surface area (Å²) in [6.45, 7) is 0. The number of rotatable bonds is 2. The van der Waals surface area contributed by atoms with Gasteiger partial charge in [-0.1, -0.05) is 27.5 Å². The molecule has 2 aromatic rings. The first-order valence-corrected chi connectivity index (χ1v) is 7.76.